The maximum atomic E-state index is 13.2. The van der Waals surface area contributed by atoms with Gasteiger partial charge in [0.05, 0.1) is 16.7 Å². The van der Waals surface area contributed by atoms with Crippen LogP contribution in [0.2, 0.25) is 0 Å². The number of aliphatic hydroxyl groups excluding tert-OH is 1. The van der Waals surface area contributed by atoms with Gasteiger partial charge in [-0.25, -0.2) is 13.2 Å². The summed E-state index contributed by atoms with van der Waals surface area (Å²) in [7, 11) is -3.85. The molecule has 2 aromatic heterocycles. The monoisotopic (exact) mass is 659 g/mol. The summed E-state index contributed by atoms with van der Waals surface area (Å²) in [5, 5.41) is 13.6. The fourth-order valence-corrected chi connectivity index (χ4v) is 7.76. The van der Waals surface area contributed by atoms with E-state index in [9.17, 15) is 18.3 Å². The van der Waals surface area contributed by atoms with Crippen LogP contribution < -0.4 is 20.5 Å². The predicted molar refractivity (Wildman–Crippen MR) is 183 cm³/mol. The molecule has 1 aliphatic carbocycles. The summed E-state index contributed by atoms with van der Waals surface area (Å²) in [5.41, 5.74) is 3.44. The van der Waals surface area contributed by atoms with Gasteiger partial charge in [-0.1, -0.05) is 51.0 Å². The maximum absolute atomic E-state index is 13.2. The number of benzene rings is 2. The molecule has 1 fully saturated rings. The number of nitrogens with zero attached hydrogens (tertiary/aromatic N) is 2. The van der Waals surface area contributed by atoms with Gasteiger partial charge in [0.15, 0.2) is 0 Å². The van der Waals surface area contributed by atoms with Gasteiger partial charge in [-0.05, 0) is 85.7 Å². The SMILES string of the molecule is O=c1[nH]c(CCCCC2CCCCC2)cn1-c1ccc(S(=O)(=O)Nc2ccc3c(c2)CCC(CNCC(O)c2cccnc2)O3)cc1. The highest BCUT2D eigenvalue weighted by molar-refractivity contribution is 7.92. The number of aromatic amines is 1. The van der Waals surface area contributed by atoms with Gasteiger partial charge < -0.3 is 20.1 Å². The summed E-state index contributed by atoms with van der Waals surface area (Å²) in [4.78, 5) is 19.8. The third-order valence-electron chi connectivity index (χ3n) is 9.35. The van der Waals surface area contributed by atoms with E-state index in [2.05, 4.69) is 20.0 Å². The Balaban J connectivity index is 0.996. The molecule has 2 aromatic carbocycles. The summed E-state index contributed by atoms with van der Waals surface area (Å²) in [5.74, 6) is 1.59. The minimum absolute atomic E-state index is 0.0560. The molecule has 0 amide bonds. The summed E-state index contributed by atoms with van der Waals surface area (Å²) >= 11 is 0. The Morgan fingerprint density at radius 3 is 2.66 bits per heavy atom. The number of sulfonamides is 1. The third-order valence-corrected chi connectivity index (χ3v) is 10.7. The minimum atomic E-state index is -3.85. The summed E-state index contributed by atoms with van der Waals surface area (Å²) in [6.07, 6.45) is 17.1. The van der Waals surface area contributed by atoms with Gasteiger partial charge in [-0.15, -0.1) is 0 Å². The highest BCUT2D eigenvalue weighted by atomic mass is 32.2. The van der Waals surface area contributed by atoms with E-state index in [1.54, 1.807) is 42.7 Å². The van der Waals surface area contributed by atoms with Crippen molar-refractivity contribution in [1.82, 2.24) is 19.9 Å². The Kier molecular flexibility index (Phi) is 10.7. The van der Waals surface area contributed by atoms with Crippen LogP contribution in [0.1, 0.15) is 80.7 Å². The number of aryl methyl sites for hydroxylation is 2. The van der Waals surface area contributed by atoms with Crippen LogP contribution in [0.5, 0.6) is 5.75 Å². The quantitative estimate of drug-likeness (QED) is 0.128. The second kappa shape index (κ2) is 15.3. The summed E-state index contributed by atoms with van der Waals surface area (Å²) < 4.78 is 36.8. The number of aromatic nitrogens is 3. The number of nitrogens with one attached hydrogen (secondary N) is 3. The number of hydrogen-bond acceptors (Lipinski definition) is 7. The molecule has 4 N–H and O–H groups in total. The Morgan fingerprint density at radius 2 is 1.87 bits per heavy atom. The molecule has 250 valence electrons. The Morgan fingerprint density at radius 1 is 1.04 bits per heavy atom. The molecule has 6 rings (SSSR count). The van der Waals surface area contributed by atoms with Crippen LogP contribution in [0, 0.1) is 5.92 Å². The Labute approximate surface area is 276 Å². The number of imidazole rings is 1. The normalized spacial score (nSPS) is 17.5. The molecule has 10 nitrogen and oxygen atoms in total. The molecule has 0 radical (unpaired) electrons. The van der Waals surface area contributed by atoms with Gasteiger partial charge in [0.1, 0.15) is 11.9 Å². The van der Waals surface area contributed by atoms with Crippen molar-refractivity contribution < 1.29 is 18.3 Å². The van der Waals surface area contributed by atoms with E-state index in [-0.39, 0.29) is 16.7 Å². The molecule has 0 bridgehead atoms. The molecule has 2 atom stereocenters. The van der Waals surface area contributed by atoms with Crippen molar-refractivity contribution in [3.05, 3.63) is 100 Å². The second-order valence-electron chi connectivity index (χ2n) is 12.9. The Hall–Kier alpha value is -3.93. The molecule has 1 saturated carbocycles. The number of ether oxygens (including phenoxy) is 1. The van der Waals surface area contributed by atoms with E-state index < -0.39 is 16.1 Å². The minimum Gasteiger partial charge on any atom is -0.489 e. The Bertz CT molecular complexity index is 1770. The number of aliphatic hydroxyl groups is 1. The number of unbranched alkanes of at least 4 members (excludes halogenated alkanes) is 1. The average Bonchev–Trinajstić information content (AvgIpc) is 3.47. The van der Waals surface area contributed by atoms with Crippen LogP contribution in [-0.2, 0) is 22.9 Å². The fraction of sp³-hybridized carbons (Fsp3) is 0.444. The van der Waals surface area contributed by atoms with Crippen molar-refractivity contribution in [3.8, 4) is 11.4 Å². The molecule has 0 spiro atoms. The first-order valence-electron chi connectivity index (χ1n) is 16.9. The van der Waals surface area contributed by atoms with Gasteiger partial charge in [-0.2, -0.15) is 0 Å². The second-order valence-corrected chi connectivity index (χ2v) is 14.5. The molecule has 47 heavy (non-hydrogen) atoms. The first-order valence-corrected chi connectivity index (χ1v) is 18.3. The first kappa shape index (κ1) is 33.0. The van der Waals surface area contributed by atoms with Crippen molar-refractivity contribution in [2.24, 2.45) is 5.92 Å². The molecule has 11 heteroatoms. The van der Waals surface area contributed by atoms with E-state index in [4.69, 9.17) is 4.74 Å². The highest BCUT2D eigenvalue weighted by Crippen LogP contribution is 2.31. The lowest BCUT2D eigenvalue weighted by atomic mass is 9.85. The van der Waals surface area contributed by atoms with Gasteiger partial charge in [0, 0.05) is 48.6 Å². The molecular formula is C36H45N5O5S. The number of pyridine rings is 1. The van der Waals surface area contributed by atoms with E-state index in [0.29, 0.717) is 24.5 Å². The fourth-order valence-electron chi connectivity index (χ4n) is 6.71. The highest BCUT2D eigenvalue weighted by Gasteiger charge is 2.22. The maximum Gasteiger partial charge on any atom is 0.330 e. The van der Waals surface area contributed by atoms with Crippen molar-refractivity contribution in [3.63, 3.8) is 0 Å². The molecule has 4 aromatic rings. The lowest BCUT2D eigenvalue weighted by Crippen LogP contribution is -2.36. The zero-order chi connectivity index (χ0) is 32.6. The van der Waals surface area contributed by atoms with Gasteiger partial charge >= 0.3 is 5.69 Å². The van der Waals surface area contributed by atoms with Gasteiger partial charge in [0.25, 0.3) is 10.0 Å². The summed E-state index contributed by atoms with van der Waals surface area (Å²) in [6, 6.07) is 15.3. The van der Waals surface area contributed by atoms with E-state index >= 15 is 0 Å². The van der Waals surface area contributed by atoms with E-state index in [1.807, 2.05) is 18.3 Å². The predicted octanol–water partition coefficient (Wildman–Crippen LogP) is 5.67. The van der Waals surface area contributed by atoms with Gasteiger partial charge in [0.2, 0.25) is 0 Å². The number of hydrogen-bond donors (Lipinski definition) is 4. The third kappa shape index (κ3) is 8.71. The number of rotatable bonds is 14. The van der Waals surface area contributed by atoms with Crippen LogP contribution in [0.25, 0.3) is 5.69 Å². The molecule has 3 heterocycles. The number of anilines is 1. The van der Waals surface area contributed by atoms with Crippen LogP contribution in [0.4, 0.5) is 5.69 Å². The molecule has 2 unspecified atom stereocenters. The van der Waals surface area contributed by atoms with Crippen LogP contribution in [0.15, 0.2) is 82.9 Å². The van der Waals surface area contributed by atoms with Crippen molar-refractivity contribution in [2.75, 3.05) is 17.8 Å². The van der Waals surface area contributed by atoms with Crippen molar-refractivity contribution >= 4 is 15.7 Å². The largest absolute Gasteiger partial charge is 0.489 e. The van der Waals surface area contributed by atoms with E-state index in [0.717, 1.165) is 54.2 Å². The average molecular weight is 660 g/mol. The molecule has 0 saturated heterocycles. The van der Waals surface area contributed by atoms with Crippen LogP contribution in [-0.4, -0.2) is 47.3 Å². The molecular weight excluding hydrogens is 614 g/mol. The number of fused-ring (bicyclic) bond motifs is 1. The zero-order valence-electron chi connectivity index (χ0n) is 26.7. The van der Waals surface area contributed by atoms with Crippen LogP contribution >= 0.6 is 0 Å². The lowest BCUT2D eigenvalue weighted by Gasteiger charge is -2.27. The number of H-pyrrole nitrogens is 1. The van der Waals surface area contributed by atoms with Gasteiger partial charge in [-0.3, -0.25) is 14.3 Å². The van der Waals surface area contributed by atoms with Crippen LogP contribution in [0.3, 0.4) is 0 Å². The molecule has 1 aliphatic heterocycles. The molecule has 2 aliphatic rings. The zero-order valence-corrected chi connectivity index (χ0v) is 27.6. The van der Waals surface area contributed by atoms with E-state index in [1.165, 1.54) is 61.6 Å². The summed E-state index contributed by atoms with van der Waals surface area (Å²) in [6.45, 7) is 0.973. The van der Waals surface area contributed by atoms with Crippen molar-refractivity contribution in [2.45, 2.75) is 87.7 Å². The standard InChI is InChI=1S/C36H45N5O5S/c42-34(28-10-6-20-37-22-28)24-38-23-32-16-12-27-21-29(13-19-35(27)46-32)40-47(44,45)33-17-14-31(15-18-33)41-25-30(39-36(41)43)11-5-4-9-26-7-2-1-3-8-26/h6,10,13-15,17-22,25-26,32,34,38,40,42H,1-5,7-9,11-12,16,23-24H2,(H,39,43). The smallest absolute Gasteiger partial charge is 0.330 e. The first-order chi connectivity index (χ1) is 22.8. The van der Waals surface area contributed by atoms with Crippen molar-refractivity contribution in [1.29, 1.82) is 0 Å². The lowest BCUT2D eigenvalue weighted by molar-refractivity contribution is 0.146. The topological polar surface area (TPSA) is 138 Å².